The van der Waals surface area contributed by atoms with Crippen LogP contribution in [0.5, 0.6) is 0 Å². The molecule has 0 heterocycles. The van der Waals surface area contributed by atoms with Crippen molar-refractivity contribution in [1.29, 1.82) is 0 Å². The van der Waals surface area contributed by atoms with Gasteiger partial charge in [0, 0.05) is 11.5 Å². The van der Waals surface area contributed by atoms with Crippen molar-refractivity contribution in [3.8, 4) is 0 Å². The second kappa shape index (κ2) is 7.99. The Kier molecular flexibility index (Phi) is 5.96. The highest BCUT2D eigenvalue weighted by molar-refractivity contribution is 5.33. The van der Waals surface area contributed by atoms with Crippen LogP contribution < -0.4 is 5.73 Å². The van der Waals surface area contributed by atoms with Gasteiger partial charge in [-0.15, -0.1) is 0 Å². The van der Waals surface area contributed by atoms with Crippen LogP contribution in [0.2, 0.25) is 0 Å². The largest absolute Gasteiger partial charge is 0.416 e. The average molecular weight is 417 g/mol. The quantitative estimate of drug-likeness (QED) is 0.635. The molecule has 8 heteroatoms. The molecule has 0 aliphatic heterocycles. The van der Waals surface area contributed by atoms with Gasteiger partial charge in [-0.3, -0.25) is 0 Å². The summed E-state index contributed by atoms with van der Waals surface area (Å²) >= 11 is 0. The molecule has 1 aliphatic rings. The minimum Gasteiger partial charge on any atom is -0.376 e. The van der Waals surface area contributed by atoms with E-state index < -0.39 is 28.9 Å². The van der Waals surface area contributed by atoms with E-state index in [1.807, 2.05) is 30.3 Å². The van der Waals surface area contributed by atoms with E-state index >= 15 is 0 Å². The molecule has 0 aromatic heterocycles. The van der Waals surface area contributed by atoms with Gasteiger partial charge in [0.05, 0.1) is 24.3 Å². The molecule has 0 amide bonds. The number of halogens is 6. The summed E-state index contributed by atoms with van der Waals surface area (Å²) in [5.41, 5.74) is 3.82. The number of nitrogens with two attached hydrogens (primary N) is 1. The smallest absolute Gasteiger partial charge is 0.376 e. The van der Waals surface area contributed by atoms with Crippen LogP contribution in [-0.4, -0.2) is 12.6 Å². The first-order valence-corrected chi connectivity index (χ1v) is 9.17. The molecular weight excluding hydrogens is 396 g/mol. The van der Waals surface area contributed by atoms with Crippen LogP contribution in [0.4, 0.5) is 26.3 Å². The Morgan fingerprint density at radius 1 is 0.931 bits per heavy atom. The average Bonchev–Trinajstić information content (AvgIpc) is 3.03. The highest BCUT2D eigenvalue weighted by atomic mass is 19.4. The van der Waals surface area contributed by atoms with Crippen LogP contribution in [0.1, 0.15) is 41.5 Å². The van der Waals surface area contributed by atoms with Gasteiger partial charge in [0.1, 0.15) is 0 Å². The molecular formula is C21H21F6NO. The SMILES string of the molecule is N[C@@H]1CC[C@](COCc2cc(C(F)(F)F)cc(C(F)(F)F)c2)(c2ccccc2)C1. The lowest BCUT2D eigenvalue weighted by Gasteiger charge is -2.30. The summed E-state index contributed by atoms with van der Waals surface area (Å²) in [6, 6.07) is 11.0. The lowest BCUT2D eigenvalue weighted by molar-refractivity contribution is -0.143. The van der Waals surface area contributed by atoms with Crippen LogP contribution in [0.15, 0.2) is 48.5 Å². The Morgan fingerprint density at radius 2 is 1.52 bits per heavy atom. The summed E-state index contributed by atoms with van der Waals surface area (Å²) in [4.78, 5) is 0. The molecule has 158 valence electrons. The molecule has 2 aromatic carbocycles. The third-order valence-electron chi connectivity index (χ3n) is 5.33. The molecule has 1 aliphatic carbocycles. The Bertz CT molecular complexity index is 801. The Balaban J connectivity index is 1.80. The molecule has 29 heavy (non-hydrogen) atoms. The zero-order valence-corrected chi connectivity index (χ0v) is 15.5. The van der Waals surface area contributed by atoms with Crippen LogP contribution in [0, 0.1) is 0 Å². The van der Waals surface area contributed by atoms with E-state index in [9.17, 15) is 26.3 Å². The van der Waals surface area contributed by atoms with Crippen molar-refractivity contribution in [2.24, 2.45) is 5.73 Å². The summed E-state index contributed by atoms with van der Waals surface area (Å²) in [7, 11) is 0. The van der Waals surface area contributed by atoms with Crippen molar-refractivity contribution in [2.45, 2.75) is 49.7 Å². The minimum atomic E-state index is -4.88. The predicted molar refractivity (Wildman–Crippen MR) is 96.0 cm³/mol. The second-order valence-corrected chi connectivity index (χ2v) is 7.56. The van der Waals surface area contributed by atoms with Crippen molar-refractivity contribution < 1.29 is 31.1 Å². The fourth-order valence-electron chi connectivity index (χ4n) is 3.90. The van der Waals surface area contributed by atoms with Gasteiger partial charge in [-0.05, 0) is 48.6 Å². The first-order chi connectivity index (χ1) is 13.5. The van der Waals surface area contributed by atoms with Crippen molar-refractivity contribution in [1.82, 2.24) is 0 Å². The monoisotopic (exact) mass is 417 g/mol. The fourth-order valence-corrected chi connectivity index (χ4v) is 3.90. The van der Waals surface area contributed by atoms with Crippen molar-refractivity contribution in [3.63, 3.8) is 0 Å². The Morgan fingerprint density at radius 3 is 2.00 bits per heavy atom. The Hall–Kier alpha value is -2.06. The molecule has 0 saturated heterocycles. The maximum absolute atomic E-state index is 13.0. The lowest BCUT2D eigenvalue weighted by atomic mass is 9.79. The number of hydrogen-bond acceptors (Lipinski definition) is 2. The molecule has 1 saturated carbocycles. The van der Waals surface area contributed by atoms with Gasteiger partial charge in [-0.25, -0.2) is 0 Å². The summed E-state index contributed by atoms with van der Waals surface area (Å²) in [5, 5.41) is 0. The maximum Gasteiger partial charge on any atom is 0.416 e. The first kappa shape index (κ1) is 21.6. The number of hydrogen-bond donors (Lipinski definition) is 1. The van der Waals surface area contributed by atoms with Crippen LogP contribution >= 0.6 is 0 Å². The number of rotatable bonds is 5. The summed E-state index contributed by atoms with van der Waals surface area (Å²) < 4.78 is 83.7. The molecule has 2 atom stereocenters. The van der Waals surface area contributed by atoms with E-state index in [1.54, 1.807) is 0 Å². The highest BCUT2D eigenvalue weighted by Gasteiger charge is 2.40. The van der Waals surface area contributed by atoms with Crippen molar-refractivity contribution in [2.75, 3.05) is 6.61 Å². The van der Waals surface area contributed by atoms with Gasteiger partial charge in [0.2, 0.25) is 0 Å². The summed E-state index contributed by atoms with van der Waals surface area (Å²) in [5.74, 6) is 0. The molecule has 2 aromatic rings. The molecule has 2 nitrogen and oxygen atoms in total. The molecule has 0 radical (unpaired) electrons. The minimum absolute atomic E-state index is 0.0239. The van der Waals surface area contributed by atoms with Crippen molar-refractivity contribution in [3.05, 3.63) is 70.8 Å². The van der Waals surface area contributed by atoms with Crippen LogP contribution in [-0.2, 0) is 29.1 Å². The van der Waals surface area contributed by atoms with Crippen LogP contribution in [0.25, 0.3) is 0 Å². The predicted octanol–water partition coefficient (Wildman–Crippen LogP) is 5.69. The number of benzene rings is 2. The topological polar surface area (TPSA) is 35.2 Å². The van der Waals surface area contributed by atoms with Crippen LogP contribution in [0.3, 0.4) is 0 Å². The third-order valence-corrected chi connectivity index (χ3v) is 5.33. The standard InChI is InChI=1S/C21H21F6NO/c22-20(23,24)16-8-14(9-17(10-16)21(25,26)27)12-29-13-19(7-6-18(28)11-19)15-4-2-1-3-5-15/h1-5,8-10,18H,6-7,11-13,28H2/t18-,19+/m1/s1. The number of ether oxygens (including phenoxy) is 1. The Labute approximate surface area is 164 Å². The fraction of sp³-hybridized carbons (Fsp3) is 0.429. The molecule has 0 bridgehead atoms. The summed E-state index contributed by atoms with van der Waals surface area (Å²) in [6.07, 6.45) is -7.58. The van der Waals surface area contributed by atoms with E-state index in [1.165, 1.54) is 0 Å². The van der Waals surface area contributed by atoms with E-state index in [0.29, 0.717) is 18.6 Å². The molecule has 3 rings (SSSR count). The van der Waals surface area contributed by atoms with Crippen molar-refractivity contribution >= 4 is 0 Å². The second-order valence-electron chi connectivity index (χ2n) is 7.56. The lowest BCUT2D eigenvalue weighted by Crippen LogP contribution is -2.31. The van der Waals surface area contributed by atoms with E-state index in [0.717, 1.165) is 18.4 Å². The van der Waals surface area contributed by atoms with Gasteiger partial charge < -0.3 is 10.5 Å². The van der Waals surface area contributed by atoms with Gasteiger partial charge in [0.15, 0.2) is 0 Å². The van der Waals surface area contributed by atoms with E-state index in [-0.39, 0.29) is 30.9 Å². The zero-order chi connectivity index (χ0) is 21.3. The molecule has 0 unspecified atom stereocenters. The normalized spacial score (nSPS) is 22.8. The number of alkyl halides is 6. The van der Waals surface area contributed by atoms with Gasteiger partial charge >= 0.3 is 12.4 Å². The summed E-state index contributed by atoms with van der Waals surface area (Å²) in [6.45, 7) is -0.181. The van der Waals surface area contributed by atoms with Gasteiger partial charge in [-0.1, -0.05) is 30.3 Å². The van der Waals surface area contributed by atoms with E-state index in [4.69, 9.17) is 10.5 Å². The highest BCUT2D eigenvalue weighted by Crippen LogP contribution is 2.41. The van der Waals surface area contributed by atoms with E-state index in [2.05, 4.69) is 0 Å². The van der Waals surface area contributed by atoms with Gasteiger partial charge in [0.25, 0.3) is 0 Å². The third kappa shape index (κ3) is 5.11. The van der Waals surface area contributed by atoms with Gasteiger partial charge in [-0.2, -0.15) is 26.3 Å². The zero-order valence-electron chi connectivity index (χ0n) is 15.5. The molecule has 0 spiro atoms. The molecule has 1 fully saturated rings. The molecule has 2 N–H and O–H groups in total. The first-order valence-electron chi connectivity index (χ1n) is 9.17. The maximum atomic E-state index is 13.0.